The molecule has 0 aromatic rings. The highest BCUT2D eigenvalue weighted by Crippen LogP contribution is 2.52. The van der Waals surface area contributed by atoms with Gasteiger partial charge in [-0.15, -0.1) is 0 Å². The number of hydrogen-bond donors (Lipinski definition) is 0. The van der Waals surface area contributed by atoms with Gasteiger partial charge in [-0.3, -0.25) is 4.79 Å². The van der Waals surface area contributed by atoms with Crippen LogP contribution in [0.15, 0.2) is 34.4 Å². The highest BCUT2D eigenvalue weighted by molar-refractivity contribution is 5.93. The third kappa shape index (κ3) is 1.49. The molecule has 1 fully saturated rings. The molecule has 2 unspecified atom stereocenters. The molecule has 0 spiro atoms. The van der Waals surface area contributed by atoms with E-state index in [2.05, 4.69) is 6.08 Å². The van der Waals surface area contributed by atoms with Gasteiger partial charge in [0.15, 0.2) is 5.78 Å². The van der Waals surface area contributed by atoms with Crippen LogP contribution in [0.3, 0.4) is 0 Å². The Balaban J connectivity index is 1.76. The largest absolute Gasteiger partial charge is 0.295 e. The molecule has 1 nitrogen and oxygen atoms in total. The van der Waals surface area contributed by atoms with Crippen molar-refractivity contribution in [1.29, 1.82) is 0 Å². The first-order valence-electron chi connectivity index (χ1n) is 7.47. The van der Waals surface area contributed by atoms with Crippen molar-refractivity contribution < 1.29 is 4.79 Å². The van der Waals surface area contributed by atoms with Crippen LogP contribution in [0.5, 0.6) is 0 Å². The maximum absolute atomic E-state index is 11.6. The molecule has 4 rings (SSSR count). The predicted molar refractivity (Wildman–Crippen MR) is 72.1 cm³/mol. The van der Waals surface area contributed by atoms with E-state index in [4.69, 9.17) is 0 Å². The van der Waals surface area contributed by atoms with Gasteiger partial charge in [0, 0.05) is 6.42 Å². The summed E-state index contributed by atoms with van der Waals surface area (Å²) in [6.45, 7) is 0. The van der Waals surface area contributed by atoms with E-state index in [0.717, 1.165) is 31.1 Å². The van der Waals surface area contributed by atoms with Crippen molar-refractivity contribution in [1.82, 2.24) is 0 Å². The fourth-order valence-corrected chi connectivity index (χ4v) is 4.65. The predicted octanol–water partition coefficient (Wildman–Crippen LogP) is 4.11. The van der Waals surface area contributed by atoms with Gasteiger partial charge >= 0.3 is 0 Å². The number of rotatable bonds is 0. The fraction of sp³-hybridized carbons (Fsp3) is 0.588. The topological polar surface area (TPSA) is 17.1 Å². The molecule has 0 amide bonds. The lowest BCUT2D eigenvalue weighted by Gasteiger charge is -2.40. The van der Waals surface area contributed by atoms with Crippen LogP contribution in [0.1, 0.15) is 51.4 Å². The van der Waals surface area contributed by atoms with Gasteiger partial charge in [0.05, 0.1) is 0 Å². The van der Waals surface area contributed by atoms with Gasteiger partial charge in [0.25, 0.3) is 0 Å². The quantitative estimate of drug-likeness (QED) is 0.582. The summed E-state index contributed by atoms with van der Waals surface area (Å²) in [5.41, 5.74) is 6.48. The van der Waals surface area contributed by atoms with E-state index >= 15 is 0 Å². The third-order valence-corrected chi connectivity index (χ3v) is 5.43. The minimum absolute atomic E-state index is 0.352. The molecule has 0 aromatic carbocycles. The van der Waals surface area contributed by atoms with Crippen molar-refractivity contribution in [2.75, 3.05) is 0 Å². The zero-order valence-corrected chi connectivity index (χ0v) is 10.9. The highest BCUT2D eigenvalue weighted by Gasteiger charge is 2.38. The van der Waals surface area contributed by atoms with Gasteiger partial charge < -0.3 is 0 Å². The highest BCUT2D eigenvalue weighted by atomic mass is 16.1. The first-order valence-corrected chi connectivity index (χ1v) is 7.47. The fourth-order valence-electron chi connectivity index (χ4n) is 4.65. The summed E-state index contributed by atoms with van der Waals surface area (Å²) in [6, 6.07) is 0. The van der Waals surface area contributed by atoms with E-state index in [1.54, 1.807) is 16.7 Å². The van der Waals surface area contributed by atoms with Crippen LogP contribution in [-0.2, 0) is 4.79 Å². The lowest BCUT2D eigenvalue weighted by atomic mass is 9.65. The Hall–Kier alpha value is -1.11. The zero-order valence-electron chi connectivity index (χ0n) is 10.9. The van der Waals surface area contributed by atoms with Gasteiger partial charge in [-0.25, -0.2) is 0 Å². The maximum atomic E-state index is 11.6. The van der Waals surface area contributed by atoms with Crippen LogP contribution in [0.2, 0.25) is 0 Å². The van der Waals surface area contributed by atoms with Gasteiger partial charge in [0.2, 0.25) is 0 Å². The Morgan fingerprint density at radius 3 is 2.83 bits per heavy atom. The molecule has 0 aromatic heterocycles. The molecule has 0 aliphatic heterocycles. The zero-order chi connectivity index (χ0) is 12.1. The molecule has 18 heavy (non-hydrogen) atoms. The molecule has 4 aliphatic rings. The number of ketones is 1. The summed E-state index contributed by atoms with van der Waals surface area (Å²) in [5.74, 6) is 2.04. The Labute approximate surface area is 109 Å². The second-order valence-corrected chi connectivity index (χ2v) is 6.25. The van der Waals surface area contributed by atoms with Crippen molar-refractivity contribution >= 4 is 5.78 Å². The third-order valence-electron chi connectivity index (χ3n) is 5.43. The molecule has 1 heteroatoms. The number of fused-ring (bicyclic) bond motifs is 4. The van der Waals surface area contributed by atoms with E-state index in [1.807, 2.05) is 6.08 Å². The van der Waals surface area contributed by atoms with E-state index in [0.29, 0.717) is 5.78 Å². The standard InChI is InChI=1S/C17H20O/c18-13-6-9-15-12(10-13)5-8-16-14-3-1-2-11(14)4-7-17(15)16/h2,10,14,16H,1,3-9H2. The van der Waals surface area contributed by atoms with Crippen molar-refractivity contribution in [3.05, 3.63) is 34.4 Å². The first-order chi connectivity index (χ1) is 8.83. The molecule has 4 aliphatic carbocycles. The molecule has 0 bridgehead atoms. The average Bonchev–Trinajstić information content (AvgIpc) is 2.86. The summed E-state index contributed by atoms with van der Waals surface area (Å²) < 4.78 is 0. The molecule has 0 N–H and O–H groups in total. The van der Waals surface area contributed by atoms with Gasteiger partial charge in [-0.1, -0.05) is 17.2 Å². The first kappa shape index (κ1) is 10.8. The molecule has 1 saturated carbocycles. The number of carbonyl (C=O) groups excluding carboxylic acids is 1. The second-order valence-electron chi connectivity index (χ2n) is 6.25. The Morgan fingerprint density at radius 1 is 0.944 bits per heavy atom. The van der Waals surface area contributed by atoms with Crippen molar-refractivity contribution in [3.63, 3.8) is 0 Å². The van der Waals surface area contributed by atoms with Crippen LogP contribution in [0.4, 0.5) is 0 Å². The average molecular weight is 240 g/mol. The molecule has 0 radical (unpaired) electrons. The molecular formula is C17H20O. The van der Waals surface area contributed by atoms with Gasteiger partial charge in [-0.05, 0) is 74.0 Å². The van der Waals surface area contributed by atoms with E-state index in [-0.39, 0.29) is 0 Å². The monoisotopic (exact) mass is 240 g/mol. The lowest BCUT2D eigenvalue weighted by molar-refractivity contribution is -0.114. The maximum Gasteiger partial charge on any atom is 0.156 e. The summed E-state index contributed by atoms with van der Waals surface area (Å²) in [4.78, 5) is 11.6. The lowest BCUT2D eigenvalue weighted by Crippen LogP contribution is -2.27. The normalized spacial score (nSPS) is 34.6. The Morgan fingerprint density at radius 2 is 1.89 bits per heavy atom. The van der Waals surface area contributed by atoms with Crippen LogP contribution in [0, 0.1) is 11.8 Å². The van der Waals surface area contributed by atoms with Crippen LogP contribution >= 0.6 is 0 Å². The van der Waals surface area contributed by atoms with Crippen LogP contribution in [-0.4, -0.2) is 5.78 Å². The van der Waals surface area contributed by atoms with Crippen molar-refractivity contribution in [2.24, 2.45) is 11.8 Å². The number of allylic oxidation sites excluding steroid dienone is 6. The molecular weight excluding hydrogens is 220 g/mol. The molecule has 0 heterocycles. The molecule has 2 atom stereocenters. The Kier molecular flexibility index (Phi) is 2.36. The summed E-state index contributed by atoms with van der Waals surface area (Å²) in [6.07, 6.45) is 13.9. The number of hydrogen-bond acceptors (Lipinski definition) is 1. The van der Waals surface area contributed by atoms with E-state index in [1.165, 1.54) is 37.7 Å². The minimum atomic E-state index is 0.352. The molecule has 0 saturated heterocycles. The SMILES string of the molecule is O=C1C=C2CCC3C(=C2CC1)CCC1=CCCC13. The van der Waals surface area contributed by atoms with Crippen LogP contribution in [0.25, 0.3) is 0 Å². The van der Waals surface area contributed by atoms with E-state index < -0.39 is 0 Å². The Bertz CT molecular complexity index is 504. The van der Waals surface area contributed by atoms with Crippen molar-refractivity contribution in [3.8, 4) is 0 Å². The summed E-state index contributed by atoms with van der Waals surface area (Å²) in [5, 5.41) is 0. The second kappa shape index (κ2) is 3.94. The summed E-state index contributed by atoms with van der Waals surface area (Å²) >= 11 is 0. The van der Waals surface area contributed by atoms with Crippen LogP contribution < -0.4 is 0 Å². The van der Waals surface area contributed by atoms with Gasteiger partial charge in [-0.2, -0.15) is 0 Å². The number of carbonyl (C=O) groups is 1. The van der Waals surface area contributed by atoms with E-state index in [9.17, 15) is 4.79 Å². The summed E-state index contributed by atoms with van der Waals surface area (Å²) in [7, 11) is 0. The minimum Gasteiger partial charge on any atom is -0.295 e. The van der Waals surface area contributed by atoms with Gasteiger partial charge in [0.1, 0.15) is 0 Å². The molecule has 94 valence electrons. The smallest absolute Gasteiger partial charge is 0.156 e. The van der Waals surface area contributed by atoms with Crippen molar-refractivity contribution in [2.45, 2.75) is 51.4 Å².